The van der Waals surface area contributed by atoms with Crippen molar-refractivity contribution in [3.8, 4) is 11.5 Å². The summed E-state index contributed by atoms with van der Waals surface area (Å²) < 4.78 is 10.6. The highest BCUT2D eigenvalue weighted by atomic mass is 127. The van der Waals surface area contributed by atoms with E-state index in [1.807, 2.05) is 19.2 Å². The predicted octanol–water partition coefficient (Wildman–Crippen LogP) is 3.03. The number of ether oxygens (including phenoxy) is 2. The smallest absolute Gasteiger partial charge is 0.193 e. The van der Waals surface area contributed by atoms with E-state index in [2.05, 4.69) is 42.2 Å². The second kappa shape index (κ2) is 11.4. The van der Waals surface area contributed by atoms with Gasteiger partial charge in [-0.25, -0.2) is 0 Å². The lowest BCUT2D eigenvalue weighted by Crippen LogP contribution is -2.41. The number of nitrogens with one attached hydrogen (secondary N) is 1. The first-order valence-corrected chi connectivity index (χ1v) is 7.64. The standard InChI is InChI=1S/C17H29N3O2.HI/c1-13(2)12-19-17(18-3)20(4)10-9-14-7-8-15(21-5)16(11-14)22-6;/h7-8,11,13H,9-10,12H2,1-6H3,(H,18,19);1H. The Labute approximate surface area is 157 Å². The quantitative estimate of drug-likeness (QED) is 0.407. The Bertz CT molecular complexity index is 493. The zero-order valence-electron chi connectivity index (χ0n) is 15.0. The number of guanidine groups is 1. The fraction of sp³-hybridized carbons (Fsp3) is 0.588. The molecule has 0 spiro atoms. The van der Waals surface area contributed by atoms with Gasteiger partial charge >= 0.3 is 0 Å². The lowest BCUT2D eigenvalue weighted by molar-refractivity contribution is 0.354. The zero-order chi connectivity index (χ0) is 16.5. The second-order valence-corrected chi connectivity index (χ2v) is 5.68. The van der Waals surface area contributed by atoms with Gasteiger partial charge in [0.05, 0.1) is 14.2 Å². The van der Waals surface area contributed by atoms with Crippen molar-refractivity contribution in [2.45, 2.75) is 20.3 Å². The van der Waals surface area contributed by atoms with Crippen LogP contribution in [0.1, 0.15) is 19.4 Å². The van der Waals surface area contributed by atoms with E-state index in [-0.39, 0.29) is 24.0 Å². The molecule has 0 saturated heterocycles. The van der Waals surface area contributed by atoms with Gasteiger partial charge in [-0.3, -0.25) is 4.99 Å². The monoisotopic (exact) mass is 435 g/mol. The largest absolute Gasteiger partial charge is 0.493 e. The third-order valence-corrected chi connectivity index (χ3v) is 3.43. The molecule has 0 unspecified atom stereocenters. The molecule has 0 bridgehead atoms. The third kappa shape index (κ3) is 7.28. The van der Waals surface area contributed by atoms with Crippen molar-refractivity contribution in [1.29, 1.82) is 0 Å². The first-order valence-electron chi connectivity index (χ1n) is 7.64. The van der Waals surface area contributed by atoms with Crippen LogP contribution in [0, 0.1) is 5.92 Å². The topological polar surface area (TPSA) is 46.1 Å². The minimum atomic E-state index is 0. The van der Waals surface area contributed by atoms with E-state index in [0.29, 0.717) is 5.92 Å². The van der Waals surface area contributed by atoms with E-state index in [1.165, 1.54) is 5.56 Å². The van der Waals surface area contributed by atoms with Gasteiger partial charge in [0, 0.05) is 27.2 Å². The maximum Gasteiger partial charge on any atom is 0.193 e. The summed E-state index contributed by atoms with van der Waals surface area (Å²) in [5.41, 5.74) is 1.21. The van der Waals surface area contributed by atoms with Crippen LogP contribution < -0.4 is 14.8 Å². The van der Waals surface area contributed by atoms with Crippen LogP contribution in [0.4, 0.5) is 0 Å². The van der Waals surface area contributed by atoms with Crippen LogP contribution in [0.15, 0.2) is 23.2 Å². The summed E-state index contributed by atoms with van der Waals surface area (Å²) in [5.74, 6) is 3.05. The Balaban J connectivity index is 0.00000484. The van der Waals surface area contributed by atoms with Crippen LogP contribution in [-0.4, -0.2) is 52.3 Å². The van der Waals surface area contributed by atoms with Gasteiger partial charge in [-0.05, 0) is 30.0 Å². The molecule has 1 aromatic rings. The molecule has 1 rings (SSSR count). The Morgan fingerprint density at radius 3 is 2.39 bits per heavy atom. The summed E-state index contributed by atoms with van der Waals surface area (Å²) in [4.78, 5) is 6.46. The summed E-state index contributed by atoms with van der Waals surface area (Å²) in [5, 5.41) is 3.38. The molecule has 0 aliphatic rings. The lowest BCUT2D eigenvalue weighted by atomic mass is 10.1. The maximum atomic E-state index is 5.34. The molecule has 0 aromatic heterocycles. The number of halogens is 1. The molecule has 132 valence electrons. The molecule has 0 aliphatic carbocycles. The van der Waals surface area contributed by atoms with Crippen molar-refractivity contribution in [2.75, 3.05) is 41.4 Å². The van der Waals surface area contributed by atoms with Gasteiger partial charge < -0.3 is 19.7 Å². The number of aliphatic imine (C=N–C) groups is 1. The highest BCUT2D eigenvalue weighted by Gasteiger charge is 2.08. The van der Waals surface area contributed by atoms with Crippen LogP contribution in [0.5, 0.6) is 11.5 Å². The van der Waals surface area contributed by atoms with Crippen LogP contribution >= 0.6 is 24.0 Å². The average Bonchev–Trinajstić information content (AvgIpc) is 2.52. The number of likely N-dealkylation sites (N-methyl/N-ethyl adjacent to an activating group) is 1. The second-order valence-electron chi connectivity index (χ2n) is 5.68. The lowest BCUT2D eigenvalue weighted by Gasteiger charge is -2.23. The van der Waals surface area contributed by atoms with Crippen LogP contribution in [-0.2, 0) is 6.42 Å². The first-order chi connectivity index (χ1) is 10.5. The highest BCUT2D eigenvalue weighted by Crippen LogP contribution is 2.27. The fourth-order valence-electron chi connectivity index (χ4n) is 2.12. The van der Waals surface area contributed by atoms with Crippen molar-refractivity contribution >= 4 is 29.9 Å². The number of hydrogen-bond donors (Lipinski definition) is 1. The third-order valence-electron chi connectivity index (χ3n) is 3.43. The van der Waals surface area contributed by atoms with E-state index in [9.17, 15) is 0 Å². The Kier molecular flexibility index (Phi) is 10.8. The minimum Gasteiger partial charge on any atom is -0.493 e. The molecule has 0 radical (unpaired) electrons. The number of nitrogens with zero attached hydrogens (tertiary/aromatic N) is 2. The molecule has 0 aliphatic heterocycles. The van der Waals surface area contributed by atoms with Crippen molar-refractivity contribution in [3.63, 3.8) is 0 Å². The van der Waals surface area contributed by atoms with Crippen molar-refractivity contribution in [2.24, 2.45) is 10.9 Å². The van der Waals surface area contributed by atoms with E-state index < -0.39 is 0 Å². The fourth-order valence-corrected chi connectivity index (χ4v) is 2.12. The molecular formula is C17H30IN3O2. The van der Waals surface area contributed by atoms with E-state index in [1.54, 1.807) is 14.2 Å². The maximum absolute atomic E-state index is 5.34. The van der Waals surface area contributed by atoms with E-state index in [4.69, 9.17) is 9.47 Å². The zero-order valence-corrected chi connectivity index (χ0v) is 17.4. The van der Waals surface area contributed by atoms with Crippen LogP contribution in [0.2, 0.25) is 0 Å². The Hall–Kier alpha value is -1.18. The molecule has 6 heteroatoms. The SMILES string of the molecule is CN=C(NCC(C)C)N(C)CCc1ccc(OC)c(OC)c1.I. The Morgan fingerprint density at radius 2 is 1.87 bits per heavy atom. The van der Waals surface area contributed by atoms with Crippen molar-refractivity contribution < 1.29 is 9.47 Å². The average molecular weight is 435 g/mol. The molecule has 0 atom stereocenters. The van der Waals surface area contributed by atoms with Gasteiger partial charge in [0.25, 0.3) is 0 Å². The molecule has 1 aromatic carbocycles. The van der Waals surface area contributed by atoms with E-state index >= 15 is 0 Å². The number of rotatable bonds is 7. The van der Waals surface area contributed by atoms with Crippen molar-refractivity contribution in [3.05, 3.63) is 23.8 Å². The number of hydrogen-bond acceptors (Lipinski definition) is 3. The van der Waals surface area contributed by atoms with Gasteiger partial charge in [-0.15, -0.1) is 24.0 Å². The molecule has 0 saturated carbocycles. The van der Waals surface area contributed by atoms with Crippen LogP contribution in [0.3, 0.4) is 0 Å². The predicted molar refractivity (Wildman–Crippen MR) is 107 cm³/mol. The first kappa shape index (κ1) is 21.8. The summed E-state index contributed by atoms with van der Waals surface area (Å²) >= 11 is 0. The molecule has 0 amide bonds. The van der Waals surface area contributed by atoms with Gasteiger partial charge in [0.15, 0.2) is 17.5 Å². The van der Waals surface area contributed by atoms with E-state index in [0.717, 1.165) is 37.0 Å². The molecule has 23 heavy (non-hydrogen) atoms. The minimum absolute atomic E-state index is 0. The molecule has 0 heterocycles. The molecule has 1 N–H and O–H groups in total. The molecule has 0 fully saturated rings. The molecular weight excluding hydrogens is 405 g/mol. The van der Waals surface area contributed by atoms with Crippen LogP contribution in [0.25, 0.3) is 0 Å². The number of benzene rings is 1. The van der Waals surface area contributed by atoms with Gasteiger partial charge in [-0.1, -0.05) is 19.9 Å². The van der Waals surface area contributed by atoms with Crippen molar-refractivity contribution in [1.82, 2.24) is 10.2 Å². The highest BCUT2D eigenvalue weighted by molar-refractivity contribution is 14.0. The molecule has 5 nitrogen and oxygen atoms in total. The summed E-state index contributed by atoms with van der Waals surface area (Å²) in [6.07, 6.45) is 0.916. The summed E-state index contributed by atoms with van der Waals surface area (Å²) in [7, 11) is 7.17. The normalized spacial score (nSPS) is 11.0. The number of methoxy groups -OCH3 is 2. The van der Waals surface area contributed by atoms with Gasteiger partial charge in [-0.2, -0.15) is 0 Å². The summed E-state index contributed by atoms with van der Waals surface area (Å²) in [6.45, 7) is 6.18. The van der Waals surface area contributed by atoms with Gasteiger partial charge in [0.1, 0.15) is 0 Å². The Morgan fingerprint density at radius 1 is 1.22 bits per heavy atom. The summed E-state index contributed by atoms with van der Waals surface area (Å²) in [6, 6.07) is 6.04. The van der Waals surface area contributed by atoms with Gasteiger partial charge in [0.2, 0.25) is 0 Å².